The monoisotopic (exact) mass is 308 g/mol. The lowest BCUT2D eigenvalue weighted by atomic mass is 10.2. The van der Waals surface area contributed by atoms with Crippen molar-refractivity contribution in [2.75, 3.05) is 11.2 Å². The van der Waals surface area contributed by atoms with Crippen LogP contribution in [-0.4, -0.2) is 43.3 Å². The number of hydrogen-bond donors (Lipinski definition) is 5. The lowest BCUT2D eigenvalue weighted by Gasteiger charge is -1.99. The van der Waals surface area contributed by atoms with E-state index < -0.39 is 5.91 Å². The predicted octanol–water partition coefficient (Wildman–Crippen LogP) is 0.239. The molecule has 1 aromatic carbocycles. The zero-order chi connectivity index (χ0) is 15.2. The number of carbonyl (C=O) groups is 1. The van der Waals surface area contributed by atoms with E-state index in [4.69, 9.17) is 10.8 Å². The number of benzene rings is 1. The number of amides is 1. The fraction of sp³-hybridized carbons (Fsp3) is 0.0909. The second kappa shape index (κ2) is 6.61. The van der Waals surface area contributed by atoms with Crippen LogP contribution in [0.15, 0.2) is 28.5 Å². The standard InChI is InChI=1S/C11H12N6O3S/c12-9(20)5-21-11-14-10(16-17-11)15-13-4-6-1-2-7(18)3-8(6)19/h1-4,18-19H,5H2,(H2,12,20)(H2,14,15,16,17)/b13-4-. The van der Waals surface area contributed by atoms with Gasteiger partial charge in [0.2, 0.25) is 17.0 Å². The van der Waals surface area contributed by atoms with Gasteiger partial charge < -0.3 is 15.9 Å². The largest absolute Gasteiger partial charge is 0.508 e. The van der Waals surface area contributed by atoms with Crippen molar-refractivity contribution in [3.8, 4) is 11.5 Å². The molecular formula is C11H12N6O3S. The van der Waals surface area contributed by atoms with Crippen LogP contribution in [0.3, 0.4) is 0 Å². The van der Waals surface area contributed by atoms with E-state index in [1.807, 2.05) is 0 Å². The van der Waals surface area contributed by atoms with Crippen LogP contribution >= 0.6 is 11.8 Å². The van der Waals surface area contributed by atoms with Gasteiger partial charge >= 0.3 is 0 Å². The molecule has 21 heavy (non-hydrogen) atoms. The Morgan fingerprint density at radius 1 is 1.52 bits per heavy atom. The van der Waals surface area contributed by atoms with Crippen LogP contribution in [0.4, 0.5) is 5.95 Å². The third-order valence-corrected chi connectivity index (χ3v) is 3.07. The van der Waals surface area contributed by atoms with Gasteiger partial charge in [0, 0.05) is 11.6 Å². The first kappa shape index (κ1) is 14.7. The number of thioether (sulfide) groups is 1. The van der Waals surface area contributed by atoms with E-state index in [-0.39, 0.29) is 23.2 Å². The molecule has 0 spiro atoms. The molecule has 0 radical (unpaired) electrons. The number of phenols is 2. The van der Waals surface area contributed by atoms with E-state index in [2.05, 4.69) is 25.7 Å². The summed E-state index contributed by atoms with van der Waals surface area (Å²) >= 11 is 1.10. The highest BCUT2D eigenvalue weighted by Crippen LogP contribution is 2.20. The summed E-state index contributed by atoms with van der Waals surface area (Å²) < 4.78 is 0. The summed E-state index contributed by atoms with van der Waals surface area (Å²) in [7, 11) is 0. The van der Waals surface area contributed by atoms with Crippen LogP contribution in [-0.2, 0) is 4.79 Å². The number of nitrogens with one attached hydrogen (secondary N) is 2. The molecule has 0 aliphatic carbocycles. The van der Waals surface area contributed by atoms with Crippen molar-refractivity contribution in [3.05, 3.63) is 23.8 Å². The number of phenolic OH excluding ortho intramolecular Hbond substituents is 2. The fourth-order valence-electron chi connectivity index (χ4n) is 1.30. The highest BCUT2D eigenvalue weighted by molar-refractivity contribution is 7.99. The molecule has 0 saturated carbocycles. The number of anilines is 1. The van der Waals surface area contributed by atoms with Gasteiger partial charge in [0.25, 0.3) is 0 Å². The van der Waals surface area contributed by atoms with Crippen LogP contribution < -0.4 is 11.2 Å². The fourth-order valence-corrected chi connectivity index (χ4v) is 1.84. The second-order valence-corrected chi connectivity index (χ2v) is 4.78. The van der Waals surface area contributed by atoms with Crippen molar-refractivity contribution in [1.29, 1.82) is 0 Å². The third-order valence-electron chi connectivity index (χ3n) is 2.20. The van der Waals surface area contributed by atoms with Crippen molar-refractivity contribution in [2.45, 2.75) is 5.16 Å². The van der Waals surface area contributed by atoms with Crippen molar-refractivity contribution in [2.24, 2.45) is 10.8 Å². The number of hydrogen-bond acceptors (Lipinski definition) is 8. The van der Waals surface area contributed by atoms with Crippen molar-refractivity contribution in [3.63, 3.8) is 0 Å². The molecule has 0 aliphatic heterocycles. The van der Waals surface area contributed by atoms with Crippen molar-refractivity contribution < 1.29 is 15.0 Å². The molecule has 0 unspecified atom stereocenters. The Hall–Kier alpha value is -2.75. The Labute approximate surface area is 123 Å². The first-order valence-electron chi connectivity index (χ1n) is 5.69. The first-order chi connectivity index (χ1) is 10.0. The minimum Gasteiger partial charge on any atom is -0.508 e. The first-order valence-corrected chi connectivity index (χ1v) is 6.67. The molecule has 2 rings (SSSR count). The minimum absolute atomic E-state index is 0.0380. The zero-order valence-electron chi connectivity index (χ0n) is 10.6. The Bertz CT molecular complexity index is 672. The summed E-state index contributed by atoms with van der Waals surface area (Å²) in [5.74, 6) is -0.238. The van der Waals surface area contributed by atoms with Gasteiger partial charge in [0.05, 0.1) is 12.0 Å². The Kier molecular flexibility index (Phi) is 4.61. The molecule has 0 atom stereocenters. The normalized spacial score (nSPS) is 10.9. The third kappa shape index (κ3) is 4.38. The Morgan fingerprint density at radius 3 is 3.05 bits per heavy atom. The number of H-pyrrole nitrogens is 1. The van der Waals surface area contributed by atoms with Crippen LogP contribution in [0.5, 0.6) is 11.5 Å². The van der Waals surface area contributed by atoms with Gasteiger partial charge in [-0.15, -0.1) is 5.10 Å². The molecule has 2 aromatic rings. The van der Waals surface area contributed by atoms with Gasteiger partial charge in [0.1, 0.15) is 11.5 Å². The van der Waals surface area contributed by atoms with Gasteiger partial charge in [-0.25, -0.2) is 10.5 Å². The SMILES string of the molecule is NC(=O)CSc1n[nH]c(N/N=C\c2ccc(O)cc2O)n1. The van der Waals surface area contributed by atoms with Crippen LogP contribution in [0, 0.1) is 0 Å². The van der Waals surface area contributed by atoms with E-state index in [1.54, 1.807) is 0 Å². The van der Waals surface area contributed by atoms with E-state index in [0.717, 1.165) is 11.8 Å². The molecule has 6 N–H and O–H groups in total. The molecular weight excluding hydrogens is 296 g/mol. The van der Waals surface area contributed by atoms with Gasteiger partial charge in [-0.3, -0.25) is 4.79 Å². The summed E-state index contributed by atoms with van der Waals surface area (Å²) in [6.45, 7) is 0. The Balaban J connectivity index is 1.93. The molecule has 1 heterocycles. The quantitative estimate of drug-likeness (QED) is 0.291. The van der Waals surface area contributed by atoms with Crippen molar-refractivity contribution >= 4 is 29.8 Å². The summed E-state index contributed by atoms with van der Waals surface area (Å²) in [5, 5.41) is 29.3. The van der Waals surface area contributed by atoms with Gasteiger partial charge in [-0.1, -0.05) is 11.8 Å². The number of carbonyl (C=O) groups excluding carboxylic acids is 1. The lowest BCUT2D eigenvalue weighted by molar-refractivity contribution is -0.115. The van der Waals surface area contributed by atoms with Gasteiger partial charge in [-0.2, -0.15) is 10.1 Å². The number of aromatic amines is 1. The minimum atomic E-state index is -0.458. The second-order valence-electron chi connectivity index (χ2n) is 3.83. The molecule has 0 aliphatic rings. The number of nitrogens with zero attached hydrogens (tertiary/aromatic N) is 3. The number of rotatable bonds is 6. The number of aromatic nitrogens is 3. The van der Waals surface area contributed by atoms with E-state index >= 15 is 0 Å². The number of primary amides is 1. The average molecular weight is 308 g/mol. The maximum absolute atomic E-state index is 10.6. The van der Waals surface area contributed by atoms with Crippen LogP contribution in [0.25, 0.3) is 0 Å². The van der Waals surface area contributed by atoms with Crippen LogP contribution in [0.1, 0.15) is 5.56 Å². The summed E-state index contributed by atoms with van der Waals surface area (Å²) in [6, 6.07) is 4.13. The maximum atomic E-state index is 10.6. The predicted molar refractivity (Wildman–Crippen MR) is 77.3 cm³/mol. The molecule has 0 saturated heterocycles. The number of nitrogens with two attached hydrogens (primary N) is 1. The van der Waals surface area contributed by atoms with E-state index in [0.29, 0.717) is 10.7 Å². The highest BCUT2D eigenvalue weighted by Gasteiger charge is 2.05. The molecule has 1 aromatic heterocycles. The molecule has 0 bridgehead atoms. The summed E-state index contributed by atoms with van der Waals surface area (Å²) in [4.78, 5) is 14.6. The average Bonchev–Trinajstić information content (AvgIpc) is 2.87. The van der Waals surface area contributed by atoms with E-state index in [9.17, 15) is 9.90 Å². The highest BCUT2D eigenvalue weighted by atomic mass is 32.2. The van der Waals surface area contributed by atoms with Crippen molar-refractivity contribution in [1.82, 2.24) is 15.2 Å². The molecule has 110 valence electrons. The topological polar surface area (TPSA) is 150 Å². The van der Waals surface area contributed by atoms with E-state index in [1.165, 1.54) is 24.4 Å². The molecule has 1 amide bonds. The summed E-state index contributed by atoms with van der Waals surface area (Å²) in [5.41, 5.74) is 8.01. The number of aromatic hydroxyl groups is 2. The molecule has 9 nitrogen and oxygen atoms in total. The Morgan fingerprint density at radius 2 is 2.33 bits per heavy atom. The smallest absolute Gasteiger partial charge is 0.240 e. The number of hydrazone groups is 1. The summed E-state index contributed by atoms with van der Waals surface area (Å²) in [6.07, 6.45) is 1.35. The van der Waals surface area contributed by atoms with Crippen LogP contribution in [0.2, 0.25) is 0 Å². The maximum Gasteiger partial charge on any atom is 0.240 e. The van der Waals surface area contributed by atoms with Gasteiger partial charge in [0.15, 0.2) is 0 Å². The molecule has 10 heteroatoms. The lowest BCUT2D eigenvalue weighted by Crippen LogP contribution is -2.13. The van der Waals surface area contributed by atoms with Gasteiger partial charge in [-0.05, 0) is 12.1 Å². The molecule has 0 fully saturated rings. The zero-order valence-corrected chi connectivity index (χ0v) is 11.5.